The number of piperazine rings is 1. The highest BCUT2D eigenvalue weighted by Gasteiger charge is 1.94. The van der Waals surface area contributed by atoms with Gasteiger partial charge >= 0.3 is 0 Å². The second-order valence-corrected chi connectivity index (χ2v) is 5.62. The van der Waals surface area contributed by atoms with Crippen molar-refractivity contribution < 1.29 is 19.8 Å². The Kier molecular flexibility index (Phi) is 17.7. The van der Waals surface area contributed by atoms with Gasteiger partial charge in [0.25, 0.3) is 11.9 Å². The highest BCUT2D eigenvalue weighted by atomic mass is 16.4. The molecule has 1 aliphatic heterocycles. The molecule has 0 aliphatic carbocycles. The normalized spacial score (nSPS) is 12.4. The van der Waals surface area contributed by atoms with Gasteiger partial charge in [-0.25, -0.2) is 0 Å². The molecule has 1 fully saturated rings. The third kappa shape index (κ3) is 28.3. The number of carboxylic acid groups (broad SMARTS) is 2. The van der Waals surface area contributed by atoms with E-state index in [1.807, 2.05) is 0 Å². The van der Waals surface area contributed by atoms with Gasteiger partial charge in [0.05, 0.1) is 0 Å². The molecule has 1 aromatic carbocycles. The Hall–Kier alpha value is -1.92. The number of rotatable bonds is 2. The maximum Gasteiger partial charge on any atom is 0.300 e. The number of nitrogens with one attached hydrogen (secondary N) is 2. The van der Waals surface area contributed by atoms with Crippen molar-refractivity contribution in [3.8, 4) is 0 Å². The average Bonchev–Trinajstić information content (AvgIpc) is 2.49. The molecule has 6 nitrogen and oxygen atoms in total. The van der Waals surface area contributed by atoms with Crippen LogP contribution < -0.4 is 10.6 Å². The van der Waals surface area contributed by atoms with E-state index >= 15 is 0 Å². The fourth-order valence-corrected chi connectivity index (χ4v) is 1.69. The molecule has 4 N–H and O–H groups in total. The van der Waals surface area contributed by atoms with Gasteiger partial charge in [0.15, 0.2) is 0 Å². The molecule has 2 rings (SSSR count). The summed E-state index contributed by atoms with van der Waals surface area (Å²) in [6.45, 7) is 11.2. The SMILES string of the molecule is C1CNCCN1.CC(=O)O.CC(=O)O.CC(C)Cc1ccccc1. The number of carbonyl (C=O) groups is 2. The lowest BCUT2D eigenvalue weighted by molar-refractivity contribution is -0.135. The first kappa shape index (κ1) is 24.3. The number of hydrogen-bond acceptors (Lipinski definition) is 4. The Labute approximate surface area is 145 Å². The summed E-state index contributed by atoms with van der Waals surface area (Å²) in [7, 11) is 0. The minimum absolute atomic E-state index is 0.766. The molecular weight excluding hydrogens is 308 g/mol. The second kappa shape index (κ2) is 17.4. The monoisotopic (exact) mass is 340 g/mol. The van der Waals surface area contributed by atoms with E-state index in [1.54, 1.807) is 0 Å². The Balaban J connectivity index is 0. The van der Waals surface area contributed by atoms with Crippen LogP contribution in [0.2, 0.25) is 0 Å². The first-order valence-corrected chi connectivity index (χ1v) is 8.10. The van der Waals surface area contributed by atoms with Gasteiger partial charge < -0.3 is 20.8 Å². The summed E-state index contributed by atoms with van der Waals surface area (Å²) in [4.78, 5) is 18.0. The molecule has 0 unspecified atom stereocenters. The number of hydrogen-bond donors (Lipinski definition) is 4. The molecule has 0 bridgehead atoms. The molecule has 1 aromatic rings. The van der Waals surface area contributed by atoms with Gasteiger partial charge in [-0.15, -0.1) is 0 Å². The summed E-state index contributed by atoms with van der Waals surface area (Å²) in [6.07, 6.45) is 1.20. The number of benzene rings is 1. The first-order valence-electron chi connectivity index (χ1n) is 8.10. The minimum atomic E-state index is -0.833. The van der Waals surface area contributed by atoms with E-state index in [1.165, 1.54) is 12.0 Å². The lowest BCUT2D eigenvalue weighted by atomic mass is 10.0. The third-order valence-electron chi connectivity index (χ3n) is 2.44. The van der Waals surface area contributed by atoms with Crippen LogP contribution in [0.4, 0.5) is 0 Å². The van der Waals surface area contributed by atoms with Crippen LogP contribution in [0.15, 0.2) is 30.3 Å². The zero-order valence-electron chi connectivity index (χ0n) is 15.2. The minimum Gasteiger partial charge on any atom is -0.481 e. The summed E-state index contributed by atoms with van der Waals surface area (Å²) < 4.78 is 0. The lowest BCUT2D eigenvalue weighted by Gasteiger charge is -2.11. The maximum atomic E-state index is 9.00. The molecule has 1 heterocycles. The van der Waals surface area contributed by atoms with Gasteiger partial charge in [-0.3, -0.25) is 9.59 Å². The summed E-state index contributed by atoms with van der Waals surface area (Å²) in [5.41, 5.74) is 1.44. The molecular formula is C18H32N2O4. The van der Waals surface area contributed by atoms with E-state index < -0.39 is 11.9 Å². The fourth-order valence-electron chi connectivity index (χ4n) is 1.69. The highest BCUT2D eigenvalue weighted by Crippen LogP contribution is 2.05. The van der Waals surface area contributed by atoms with Crippen molar-refractivity contribution in [2.75, 3.05) is 26.2 Å². The predicted octanol–water partition coefficient (Wildman–Crippen LogP) is 2.25. The average molecular weight is 340 g/mol. The first-order chi connectivity index (χ1) is 11.3. The van der Waals surface area contributed by atoms with E-state index in [0.29, 0.717) is 0 Å². The van der Waals surface area contributed by atoms with Crippen LogP contribution in [-0.4, -0.2) is 48.3 Å². The molecule has 138 valence electrons. The number of aliphatic carboxylic acids is 2. The lowest BCUT2D eigenvalue weighted by Crippen LogP contribution is -2.39. The summed E-state index contributed by atoms with van der Waals surface area (Å²) in [6, 6.07) is 10.6. The van der Waals surface area contributed by atoms with Crippen LogP contribution in [0.5, 0.6) is 0 Å². The fraction of sp³-hybridized carbons (Fsp3) is 0.556. The molecule has 24 heavy (non-hydrogen) atoms. The molecule has 0 spiro atoms. The Bertz CT molecular complexity index is 387. The Morgan fingerprint density at radius 2 is 1.25 bits per heavy atom. The molecule has 0 aromatic heterocycles. The van der Waals surface area contributed by atoms with E-state index in [0.717, 1.165) is 45.9 Å². The van der Waals surface area contributed by atoms with E-state index in [9.17, 15) is 0 Å². The van der Waals surface area contributed by atoms with Crippen molar-refractivity contribution >= 4 is 11.9 Å². The third-order valence-corrected chi connectivity index (χ3v) is 2.44. The smallest absolute Gasteiger partial charge is 0.300 e. The van der Waals surface area contributed by atoms with Crippen LogP contribution in [0, 0.1) is 5.92 Å². The Morgan fingerprint density at radius 1 is 0.917 bits per heavy atom. The van der Waals surface area contributed by atoms with Crippen molar-refractivity contribution in [2.24, 2.45) is 5.92 Å². The molecule has 0 saturated carbocycles. The second-order valence-electron chi connectivity index (χ2n) is 5.62. The van der Waals surface area contributed by atoms with Crippen molar-refractivity contribution in [1.82, 2.24) is 10.6 Å². The van der Waals surface area contributed by atoms with Crippen LogP contribution >= 0.6 is 0 Å². The van der Waals surface area contributed by atoms with Gasteiger partial charge in [0.1, 0.15) is 0 Å². The van der Waals surface area contributed by atoms with Gasteiger partial charge in [0, 0.05) is 40.0 Å². The van der Waals surface area contributed by atoms with E-state index in [-0.39, 0.29) is 0 Å². The quantitative estimate of drug-likeness (QED) is 0.659. The van der Waals surface area contributed by atoms with E-state index in [4.69, 9.17) is 19.8 Å². The van der Waals surface area contributed by atoms with Gasteiger partial charge in [-0.2, -0.15) is 0 Å². The molecule has 1 saturated heterocycles. The summed E-state index contributed by atoms with van der Waals surface area (Å²) in [5.74, 6) is -0.901. The van der Waals surface area contributed by atoms with Gasteiger partial charge in [-0.05, 0) is 17.9 Å². The molecule has 0 radical (unpaired) electrons. The zero-order chi connectivity index (χ0) is 18.8. The van der Waals surface area contributed by atoms with Crippen LogP contribution in [0.25, 0.3) is 0 Å². The van der Waals surface area contributed by atoms with Crippen molar-refractivity contribution in [3.63, 3.8) is 0 Å². The highest BCUT2D eigenvalue weighted by molar-refractivity contribution is 5.63. The van der Waals surface area contributed by atoms with Crippen molar-refractivity contribution in [3.05, 3.63) is 35.9 Å². The summed E-state index contributed by atoms with van der Waals surface area (Å²) in [5, 5.41) is 21.3. The number of carboxylic acids is 2. The maximum absolute atomic E-state index is 9.00. The van der Waals surface area contributed by atoms with Gasteiger partial charge in [-0.1, -0.05) is 44.2 Å². The molecule has 0 atom stereocenters. The zero-order valence-corrected chi connectivity index (χ0v) is 15.2. The largest absolute Gasteiger partial charge is 0.481 e. The summed E-state index contributed by atoms with van der Waals surface area (Å²) >= 11 is 0. The molecule has 1 aliphatic rings. The molecule has 0 amide bonds. The predicted molar refractivity (Wildman–Crippen MR) is 97.3 cm³/mol. The van der Waals surface area contributed by atoms with E-state index in [2.05, 4.69) is 54.8 Å². The topological polar surface area (TPSA) is 98.7 Å². The van der Waals surface area contributed by atoms with Gasteiger partial charge in [0.2, 0.25) is 0 Å². The van der Waals surface area contributed by atoms with Crippen LogP contribution in [-0.2, 0) is 16.0 Å². The Morgan fingerprint density at radius 3 is 1.50 bits per heavy atom. The van der Waals surface area contributed by atoms with Crippen LogP contribution in [0.3, 0.4) is 0 Å². The standard InChI is InChI=1S/C10H14.C4H10N2.2C2H4O2/c1-9(2)8-10-6-4-3-5-7-10;1-2-6-4-3-5-1;2*1-2(3)4/h3-7,9H,8H2,1-2H3;5-6H,1-4H2;2*1H3,(H,3,4). The van der Waals surface area contributed by atoms with Crippen molar-refractivity contribution in [2.45, 2.75) is 34.1 Å². The molecule has 6 heteroatoms. The van der Waals surface area contributed by atoms with Crippen LogP contribution in [0.1, 0.15) is 33.3 Å². The van der Waals surface area contributed by atoms with Crippen molar-refractivity contribution in [1.29, 1.82) is 0 Å².